The van der Waals surface area contributed by atoms with E-state index in [0.717, 1.165) is 0 Å². The Morgan fingerprint density at radius 1 is 0.400 bits per heavy atom. The van der Waals surface area contributed by atoms with Gasteiger partial charge in [0, 0.05) is 0 Å². The molecular formula is C12H30MgO6Ti. The predicted molar refractivity (Wildman–Crippen MR) is 69.0 cm³/mol. The molecule has 0 radical (unpaired) electrons. The minimum absolute atomic E-state index is 0. The Hall–Kier alpha value is 1.24. The molecule has 0 N–H and O–H groups in total. The van der Waals surface area contributed by atoms with Gasteiger partial charge in [-0.2, -0.15) is 0 Å². The van der Waals surface area contributed by atoms with E-state index in [4.69, 9.17) is 30.6 Å². The van der Waals surface area contributed by atoms with Gasteiger partial charge in [0.2, 0.25) is 0 Å². The van der Waals surface area contributed by atoms with Gasteiger partial charge in [-0.3, -0.25) is 0 Å². The summed E-state index contributed by atoms with van der Waals surface area (Å²) >= 11 is 0. The normalized spacial score (nSPS) is 5.40. The van der Waals surface area contributed by atoms with Gasteiger partial charge < -0.3 is 30.6 Å². The summed E-state index contributed by atoms with van der Waals surface area (Å²) in [5.74, 6) is 0. The molecule has 0 saturated carbocycles. The van der Waals surface area contributed by atoms with Crippen LogP contribution in [0, 0.1) is 0 Å². The third-order valence-electron chi connectivity index (χ3n) is 0. The first-order chi connectivity index (χ1) is 8.49. The Morgan fingerprint density at radius 3 is 0.400 bits per heavy atom. The van der Waals surface area contributed by atoms with Crippen LogP contribution in [0.5, 0.6) is 0 Å². The molecule has 0 aromatic heterocycles. The molecule has 0 heterocycles. The van der Waals surface area contributed by atoms with Crippen molar-refractivity contribution < 1.29 is 52.4 Å². The standard InChI is InChI=1S/6C2H5O.Mg.Ti/c6*1-2-3;;/h6*2H2,1H3;;/q6*-1;+2;+4. The quantitative estimate of drug-likeness (QED) is 0.409. The van der Waals surface area contributed by atoms with E-state index in [2.05, 4.69) is 0 Å². The molecule has 0 aliphatic heterocycles. The van der Waals surface area contributed by atoms with Crippen LogP contribution in [0.15, 0.2) is 0 Å². The molecule has 0 rings (SSSR count). The molecular weight excluding hydrogens is 312 g/mol. The Balaban J connectivity index is -0.0000000141. The Labute approximate surface area is 156 Å². The zero-order chi connectivity index (χ0) is 16.2. The van der Waals surface area contributed by atoms with Crippen molar-refractivity contribution in [1.29, 1.82) is 0 Å². The van der Waals surface area contributed by atoms with E-state index in [0.29, 0.717) is 0 Å². The summed E-state index contributed by atoms with van der Waals surface area (Å²) in [6.45, 7) is 9.42. The first-order valence-corrected chi connectivity index (χ1v) is 5.97. The Kier molecular flexibility index (Phi) is 355. The second kappa shape index (κ2) is 143. The zero-order valence-electron chi connectivity index (χ0n) is 13.9. The van der Waals surface area contributed by atoms with E-state index >= 15 is 0 Å². The summed E-state index contributed by atoms with van der Waals surface area (Å²) in [5.41, 5.74) is 0. The van der Waals surface area contributed by atoms with Crippen molar-refractivity contribution in [2.24, 2.45) is 0 Å². The maximum Gasteiger partial charge on any atom is 4.00 e. The molecule has 120 valence electrons. The first-order valence-electron chi connectivity index (χ1n) is 5.97. The third-order valence-corrected chi connectivity index (χ3v) is 0. The molecule has 0 aromatic carbocycles. The van der Waals surface area contributed by atoms with E-state index in [-0.39, 0.29) is 84.4 Å². The Morgan fingerprint density at radius 2 is 0.400 bits per heavy atom. The topological polar surface area (TPSA) is 138 Å². The van der Waals surface area contributed by atoms with Crippen molar-refractivity contribution >= 4 is 23.1 Å². The summed E-state index contributed by atoms with van der Waals surface area (Å²) in [5, 5.41) is 53.6. The molecule has 0 spiro atoms. The van der Waals surface area contributed by atoms with Gasteiger partial charge in [0.05, 0.1) is 0 Å². The maximum atomic E-state index is 8.93. The average Bonchev–Trinajstić information content (AvgIpc) is 2.23. The molecule has 0 atom stereocenters. The van der Waals surface area contributed by atoms with Crippen LogP contribution in [-0.4, -0.2) is 62.7 Å². The van der Waals surface area contributed by atoms with Crippen molar-refractivity contribution in [3.63, 3.8) is 0 Å². The van der Waals surface area contributed by atoms with Crippen LogP contribution in [0.1, 0.15) is 41.5 Å². The van der Waals surface area contributed by atoms with Crippen LogP contribution in [0.2, 0.25) is 0 Å². The fourth-order valence-electron chi connectivity index (χ4n) is 0. The third kappa shape index (κ3) is 4160. The smallest absolute Gasteiger partial charge is 0.855 e. The largest absolute Gasteiger partial charge is 4.00 e. The molecule has 20 heavy (non-hydrogen) atoms. The Bertz CT molecular complexity index is 43.4. The van der Waals surface area contributed by atoms with Crippen LogP contribution in [0.25, 0.3) is 0 Å². The number of rotatable bonds is 0. The summed E-state index contributed by atoms with van der Waals surface area (Å²) in [6, 6.07) is 0. The molecule has 6 nitrogen and oxygen atoms in total. The van der Waals surface area contributed by atoms with Gasteiger partial charge in [0.1, 0.15) is 0 Å². The molecule has 0 amide bonds. The minimum Gasteiger partial charge on any atom is -0.855 e. The molecule has 0 unspecified atom stereocenters. The van der Waals surface area contributed by atoms with Crippen molar-refractivity contribution in [3.8, 4) is 0 Å². The summed E-state index contributed by atoms with van der Waals surface area (Å²) < 4.78 is 0. The summed E-state index contributed by atoms with van der Waals surface area (Å²) in [6.07, 6.45) is 0. The first kappa shape index (κ1) is 49.6. The molecule has 8 heteroatoms. The van der Waals surface area contributed by atoms with Crippen molar-refractivity contribution in [2.45, 2.75) is 41.5 Å². The van der Waals surface area contributed by atoms with Crippen LogP contribution in [0.3, 0.4) is 0 Å². The van der Waals surface area contributed by atoms with E-state index in [9.17, 15) is 0 Å². The van der Waals surface area contributed by atoms with E-state index in [1.54, 1.807) is 41.5 Å². The predicted octanol–water partition coefficient (Wildman–Crippen LogP) is -4.18. The molecule has 0 saturated heterocycles. The van der Waals surface area contributed by atoms with Gasteiger partial charge in [-0.1, -0.05) is 41.5 Å². The van der Waals surface area contributed by atoms with E-state index in [1.807, 2.05) is 0 Å². The van der Waals surface area contributed by atoms with Crippen LogP contribution < -0.4 is 30.6 Å². The molecule has 0 aromatic rings. The molecule has 0 aliphatic rings. The average molecular weight is 343 g/mol. The van der Waals surface area contributed by atoms with Crippen LogP contribution >= 0.6 is 0 Å². The van der Waals surface area contributed by atoms with Crippen molar-refractivity contribution in [1.82, 2.24) is 0 Å². The summed E-state index contributed by atoms with van der Waals surface area (Å²) in [4.78, 5) is 0. The monoisotopic (exact) mass is 342 g/mol. The molecule has 0 fully saturated rings. The second-order valence-electron chi connectivity index (χ2n) is 1.73. The van der Waals surface area contributed by atoms with Gasteiger partial charge in [-0.05, 0) is 0 Å². The van der Waals surface area contributed by atoms with Crippen LogP contribution in [-0.2, 0) is 21.7 Å². The molecule has 0 bridgehead atoms. The second-order valence-corrected chi connectivity index (χ2v) is 1.73. The number of hydrogen-bond donors (Lipinski definition) is 0. The maximum absolute atomic E-state index is 8.93. The minimum atomic E-state index is 0. The van der Waals surface area contributed by atoms with Gasteiger partial charge >= 0.3 is 44.8 Å². The van der Waals surface area contributed by atoms with E-state index < -0.39 is 0 Å². The van der Waals surface area contributed by atoms with Gasteiger partial charge in [-0.15, -0.1) is 39.6 Å². The van der Waals surface area contributed by atoms with Gasteiger partial charge in [0.15, 0.2) is 0 Å². The fourth-order valence-corrected chi connectivity index (χ4v) is 0. The number of hydrogen-bond acceptors (Lipinski definition) is 6. The fraction of sp³-hybridized carbons (Fsp3) is 1.00. The SMILES string of the molecule is CC[O-].CC[O-].CC[O-].CC[O-].CC[O-].CC[O-].[Mg+2].[Ti+4]. The zero-order valence-corrected chi connectivity index (χ0v) is 16.9. The van der Waals surface area contributed by atoms with E-state index in [1.165, 1.54) is 0 Å². The molecule has 0 aliphatic carbocycles. The van der Waals surface area contributed by atoms with Crippen LogP contribution in [0.4, 0.5) is 0 Å². The summed E-state index contributed by atoms with van der Waals surface area (Å²) in [7, 11) is 0. The van der Waals surface area contributed by atoms with Crippen molar-refractivity contribution in [3.05, 3.63) is 0 Å². The van der Waals surface area contributed by atoms with Gasteiger partial charge in [-0.25, -0.2) is 0 Å². The van der Waals surface area contributed by atoms with Crippen molar-refractivity contribution in [2.75, 3.05) is 39.6 Å². The van der Waals surface area contributed by atoms with Gasteiger partial charge in [0.25, 0.3) is 0 Å².